The predicted octanol–water partition coefficient (Wildman–Crippen LogP) is 1.91. The molecule has 0 saturated heterocycles. The van der Waals surface area contributed by atoms with Crippen molar-refractivity contribution < 1.29 is 14.3 Å². The number of imidazole rings is 1. The molecule has 8 heteroatoms. The van der Waals surface area contributed by atoms with Crippen LogP contribution >= 0.6 is 0 Å². The van der Waals surface area contributed by atoms with E-state index < -0.39 is 0 Å². The quantitative estimate of drug-likeness (QED) is 0.721. The number of fused-ring (bicyclic) bond motifs is 1. The van der Waals surface area contributed by atoms with E-state index in [9.17, 15) is 4.79 Å². The summed E-state index contributed by atoms with van der Waals surface area (Å²) in [6.07, 6.45) is 6.64. The van der Waals surface area contributed by atoms with E-state index in [1.54, 1.807) is 23.3 Å². The van der Waals surface area contributed by atoms with Gasteiger partial charge in [-0.1, -0.05) is 18.2 Å². The van der Waals surface area contributed by atoms with Gasteiger partial charge < -0.3 is 20.1 Å². The van der Waals surface area contributed by atoms with Crippen molar-refractivity contribution >= 4 is 6.03 Å². The molecule has 1 atom stereocenters. The van der Waals surface area contributed by atoms with Crippen LogP contribution in [0.3, 0.4) is 0 Å². The lowest BCUT2D eigenvalue weighted by atomic mass is 10.2. The fraction of sp³-hybridized carbons (Fsp3) is 0.211. The van der Waals surface area contributed by atoms with Gasteiger partial charge in [0.2, 0.25) is 0 Å². The van der Waals surface area contributed by atoms with Gasteiger partial charge in [-0.05, 0) is 18.2 Å². The SMILES string of the molecule is O=C(NCc1cccnc1-n1ccnc1)NCC1COc2ccccc2O1. The zero-order chi connectivity index (χ0) is 18.5. The Bertz CT molecular complexity index is 913. The normalized spacial score (nSPS) is 15.2. The summed E-state index contributed by atoms with van der Waals surface area (Å²) < 4.78 is 13.3. The Morgan fingerprint density at radius 2 is 2.04 bits per heavy atom. The van der Waals surface area contributed by atoms with Crippen LogP contribution in [0.25, 0.3) is 5.82 Å². The zero-order valence-electron chi connectivity index (χ0n) is 14.5. The number of urea groups is 1. The summed E-state index contributed by atoms with van der Waals surface area (Å²) >= 11 is 0. The van der Waals surface area contributed by atoms with Crippen molar-refractivity contribution in [2.24, 2.45) is 0 Å². The van der Waals surface area contributed by atoms with Crippen LogP contribution in [-0.2, 0) is 6.54 Å². The summed E-state index contributed by atoms with van der Waals surface area (Å²) in [5, 5.41) is 5.65. The highest BCUT2D eigenvalue weighted by atomic mass is 16.6. The zero-order valence-corrected chi connectivity index (χ0v) is 14.5. The molecule has 2 amide bonds. The first-order chi connectivity index (χ1) is 13.3. The lowest BCUT2D eigenvalue weighted by molar-refractivity contribution is 0.0918. The highest BCUT2D eigenvalue weighted by Crippen LogP contribution is 2.30. The third-order valence-corrected chi connectivity index (χ3v) is 4.11. The number of hydrogen-bond donors (Lipinski definition) is 2. The van der Waals surface area contributed by atoms with E-state index in [1.807, 2.05) is 42.6 Å². The van der Waals surface area contributed by atoms with Gasteiger partial charge in [0, 0.05) is 30.7 Å². The Kier molecular flexibility index (Phi) is 4.86. The number of ether oxygens (including phenoxy) is 2. The standard InChI is InChI=1S/C19H19N5O3/c25-19(23-11-15-12-26-16-5-1-2-6-17(16)27-15)22-10-14-4-3-7-21-18(14)24-9-8-20-13-24/h1-9,13,15H,10-12H2,(H2,22,23,25). The fourth-order valence-electron chi connectivity index (χ4n) is 2.79. The largest absolute Gasteiger partial charge is 0.486 e. The molecule has 138 valence electrons. The second kappa shape index (κ2) is 7.77. The molecule has 1 unspecified atom stereocenters. The Labute approximate surface area is 156 Å². The molecule has 0 aliphatic carbocycles. The van der Waals surface area contributed by atoms with Crippen molar-refractivity contribution in [2.45, 2.75) is 12.6 Å². The number of aromatic nitrogens is 3. The lowest BCUT2D eigenvalue weighted by Gasteiger charge is -2.26. The number of benzene rings is 1. The van der Waals surface area contributed by atoms with Crippen molar-refractivity contribution in [1.82, 2.24) is 25.2 Å². The van der Waals surface area contributed by atoms with Crippen LogP contribution < -0.4 is 20.1 Å². The van der Waals surface area contributed by atoms with Gasteiger partial charge in [0.1, 0.15) is 18.8 Å². The van der Waals surface area contributed by atoms with Gasteiger partial charge in [-0.25, -0.2) is 14.8 Å². The molecule has 0 bridgehead atoms. The van der Waals surface area contributed by atoms with E-state index in [4.69, 9.17) is 9.47 Å². The third-order valence-electron chi connectivity index (χ3n) is 4.11. The second-order valence-electron chi connectivity index (χ2n) is 6.02. The highest BCUT2D eigenvalue weighted by Gasteiger charge is 2.21. The summed E-state index contributed by atoms with van der Waals surface area (Å²) in [5.41, 5.74) is 0.886. The maximum atomic E-state index is 12.1. The number of para-hydroxylation sites is 2. The minimum atomic E-state index is -0.280. The molecule has 27 heavy (non-hydrogen) atoms. The molecule has 1 aliphatic rings. The van der Waals surface area contributed by atoms with Gasteiger partial charge >= 0.3 is 6.03 Å². The van der Waals surface area contributed by atoms with E-state index in [0.29, 0.717) is 25.4 Å². The van der Waals surface area contributed by atoms with Gasteiger partial charge in [-0.15, -0.1) is 0 Å². The van der Waals surface area contributed by atoms with E-state index in [0.717, 1.165) is 17.1 Å². The van der Waals surface area contributed by atoms with Crippen molar-refractivity contribution in [3.05, 3.63) is 66.9 Å². The average molecular weight is 365 g/mol. The first-order valence-corrected chi connectivity index (χ1v) is 8.62. The number of hydrogen-bond acceptors (Lipinski definition) is 5. The molecule has 1 aliphatic heterocycles. The highest BCUT2D eigenvalue weighted by molar-refractivity contribution is 5.74. The minimum Gasteiger partial charge on any atom is -0.486 e. The summed E-state index contributed by atoms with van der Waals surface area (Å²) in [6, 6.07) is 11.0. The van der Waals surface area contributed by atoms with Gasteiger partial charge in [0.15, 0.2) is 17.6 Å². The molecule has 1 aromatic carbocycles. The summed E-state index contributed by atoms with van der Waals surface area (Å²) in [4.78, 5) is 20.5. The second-order valence-corrected chi connectivity index (χ2v) is 6.02. The molecule has 0 fully saturated rings. The van der Waals surface area contributed by atoms with Crippen LogP contribution in [0.1, 0.15) is 5.56 Å². The van der Waals surface area contributed by atoms with Gasteiger partial charge in [0.05, 0.1) is 6.54 Å². The summed E-state index contributed by atoms with van der Waals surface area (Å²) in [7, 11) is 0. The Morgan fingerprint density at radius 3 is 2.89 bits per heavy atom. The Hall–Kier alpha value is -3.55. The maximum absolute atomic E-state index is 12.1. The first-order valence-electron chi connectivity index (χ1n) is 8.62. The molecule has 3 heterocycles. The van der Waals surface area contributed by atoms with Crippen molar-refractivity contribution in [3.63, 3.8) is 0 Å². The number of amides is 2. The molecular weight excluding hydrogens is 346 g/mol. The molecule has 0 saturated carbocycles. The number of nitrogens with zero attached hydrogens (tertiary/aromatic N) is 3. The Morgan fingerprint density at radius 1 is 1.15 bits per heavy atom. The average Bonchev–Trinajstić information content (AvgIpc) is 3.25. The number of pyridine rings is 1. The smallest absolute Gasteiger partial charge is 0.315 e. The lowest BCUT2D eigenvalue weighted by Crippen LogP contribution is -2.44. The fourth-order valence-corrected chi connectivity index (χ4v) is 2.79. The first kappa shape index (κ1) is 16.9. The van der Waals surface area contributed by atoms with E-state index in [-0.39, 0.29) is 12.1 Å². The van der Waals surface area contributed by atoms with Gasteiger partial charge in [0.25, 0.3) is 0 Å². The van der Waals surface area contributed by atoms with Crippen molar-refractivity contribution in [1.29, 1.82) is 0 Å². The third kappa shape index (κ3) is 4.00. The molecule has 2 aromatic heterocycles. The minimum absolute atomic E-state index is 0.231. The van der Waals surface area contributed by atoms with Crippen LogP contribution in [0, 0.1) is 0 Å². The van der Waals surface area contributed by atoms with E-state index >= 15 is 0 Å². The molecular formula is C19H19N5O3. The van der Waals surface area contributed by atoms with Crippen LogP contribution in [0.4, 0.5) is 4.79 Å². The van der Waals surface area contributed by atoms with Crippen molar-refractivity contribution in [2.75, 3.05) is 13.2 Å². The van der Waals surface area contributed by atoms with E-state index in [2.05, 4.69) is 20.6 Å². The molecule has 0 spiro atoms. The summed E-state index contributed by atoms with van der Waals surface area (Å²) in [5.74, 6) is 2.15. The van der Waals surface area contributed by atoms with Crippen LogP contribution in [0.2, 0.25) is 0 Å². The topological polar surface area (TPSA) is 90.3 Å². The molecule has 4 rings (SSSR count). The Balaban J connectivity index is 1.29. The van der Waals surface area contributed by atoms with Crippen molar-refractivity contribution in [3.8, 4) is 17.3 Å². The molecule has 8 nitrogen and oxygen atoms in total. The summed E-state index contributed by atoms with van der Waals surface area (Å²) in [6.45, 7) is 1.09. The van der Waals surface area contributed by atoms with Crippen LogP contribution in [0.5, 0.6) is 11.5 Å². The number of rotatable bonds is 5. The monoisotopic (exact) mass is 365 g/mol. The van der Waals surface area contributed by atoms with Crippen LogP contribution in [-0.4, -0.2) is 39.8 Å². The molecule has 0 radical (unpaired) electrons. The predicted molar refractivity (Wildman–Crippen MR) is 98.0 cm³/mol. The van der Waals surface area contributed by atoms with Crippen LogP contribution in [0.15, 0.2) is 61.3 Å². The van der Waals surface area contributed by atoms with Gasteiger partial charge in [-0.2, -0.15) is 0 Å². The number of nitrogens with one attached hydrogen (secondary N) is 2. The molecule has 3 aromatic rings. The number of carbonyl (C=O) groups is 1. The van der Waals surface area contributed by atoms with Gasteiger partial charge in [-0.3, -0.25) is 4.57 Å². The molecule has 2 N–H and O–H groups in total. The van der Waals surface area contributed by atoms with E-state index in [1.165, 1.54) is 0 Å². The number of carbonyl (C=O) groups excluding carboxylic acids is 1. The maximum Gasteiger partial charge on any atom is 0.315 e.